The van der Waals surface area contributed by atoms with Gasteiger partial charge in [-0.15, -0.1) is 0 Å². The SMILES string of the molecule is O=C(C1CC1)N1CC=C(c2cncc(N3CCCC(COc4ccccc4C(F)(F)F)C3)n2)CC1. The minimum atomic E-state index is -4.44. The van der Waals surface area contributed by atoms with Gasteiger partial charge in [-0.2, -0.15) is 13.2 Å². The van der Waals surface area contributed by atoms with E-state index in [4.69, 9.17) is 9.72 Å². The Morgan fingerprint density at radius 3 is 2.69 bits per heavy atom. The summed E-state index contributed by atoms with van der Waals surface area (Å²) in [6.45, 7) is 2.99. The molecule has 2 fully saturated rings. The molecule has 1 aromatic heterocycles. The third kappa shape index (κ3) is 5.60. The van der Waals surface area contributed by atoms with Crippen LogP contribution in [0.1, 0.15) is 43.4 Å². The van der Waals surface area contributed by atoms with Gasteiger partial charge >= 0.3 is 6.18 Å². The highest BCUT2D eigenvalue weighted by Gasteiger charge is 2.35. The van der Waals surface area contributed by atoms with Crippen LogP contribution in [-0.4, -0.2) is 53.6 Å². The molecule has 3 aliphatic rings. The zero-order valence-electron chi connectivity index (χ0n) is 19.5. The Hall–Kier alpha value is -3.10. The average molecular weight is 487 g/mol. The Morgan fingerprint density at radius 1 is 1.11 bits per heavy atom. The number of nitrogens with zero attached hydrogens (tertiary/aromatic N) is 4. The number of rotatable bonds is 6. The van der Waals surface area contributed by atoms with Crippen molar-refractivity contribution in [3.8, 4) is 5.75 Å². The van der Waals surface area contributed by atoms with Gasteiger partial charge in [-0.25, -0.2) is 4.98 Å². The summed E-state index contributed by atoms with van der Waals surface area (Å²) in [4.78, 5) is 25.6. The van der Waals surface area contributed by atoms with Crippen molar-refractivity contribution in [2.45, 2.75) is 38.3 Å². The van der Waals surface area contributed by atoms with Crippen LogP contribution in [0, 0.1) is 11.8 Å². The molecule has 1 amide bonds. The first-order chi connectivity index (χ1) is 16.9. The van der Waals surface area contributed by atoms with E-state index >= 15 is 0 Å². The van der Waals surface area contributed by atoms with Gasteiger partial charge in [0.05, 0.1) is 30.3 Å². The molecule has 2 aliphatic heterocycles. The van der Waals surface area contributed by atoms with E-state index in [9.17, 15) is 18.0 Å². The van der Waals surface area contributed by atoms with Gasteiger partial charge in [0.2, 0.25) is 5.91 Å². The van der Waals surface area contributed by atoms with E-state index in [0.29, 0.717) is 19.6 Å². The molecule has 1 unspecified atom stereocenters. The number of hydrogen-bond acceptors (Lipinski definition) is 5. The molecule has 1 saturated heterocycles. The number of halogens is 3. The van der Waals surface area contributed by atoms with Crippen LogP contribution in [0.3, 0.4) is 0 Å². The van der Waals surface area contributed by atoms with E-state index in [1.54, 1.807) is 18.5 Å². The second-order valence-corrected chi connectivity index (χ2v) is 9.56. The second kappa shape index (κ2) is 9.87. The Balaban J connectivity index is 1.21. The molecule has 0 spiro atoms. The molecule has 5 rings (SSSR count). The number of aromatic nitrogens is 2. The van der Waals surface area contributed by atoms with Crippen molar-refractivity contribution >= 4 is 17.3 Å². The summed E-state index contributed by atoms with van der Waals surface area (Å²) in [5.74, 6) is 1.22. The van der Waals surface area contributed by atoms with E-state index in [-0.39, 0.29) is 30.1 Å². The van der Waals surface area contributed by atoms with Crippen molar-refractivity contribution < 1.29 is 22.7 Å². The fourth-order valence-electron chi connectivity index (χ4n) is 4.80. The highest BCUT2D eigenvalue weighted by molar-refractivity contribution is 5.82. The number of piperidine rings is 1. The minimum Gasteiger partial charge on any atom is -0.493 e. The number of para-hydroxylation sites is 1. The summed E-state index contributed by atoms with van der Waals surface area (Å²) >= 11 is 0. The normalized spacial score (nSPS) is 21.0. The molecule has 0 N–H and O–H groups in total. The number of carbonyl (C=O) groups is 1. The number of carbonyl (C=O) groups excluding carboxylic acids is 1. The lowest BCUT2D eigenvalue weighted by Crippen LogP contribution is -2.38. The summed E-state index contributed by atoms with van der Waals surface area (Å²) in [6, 6.07) is 5.34. The quantitative estimate of drug-likeness (QED) is 0.586. The van der Waals surface area contributed by atoms with Crippen LogP contribution in [0.15, 0.2) is 42.7 Å². The third-order valence-corrected chi connectivity index (χ3v) is 6.91. The van der Waals surface area contributed by atoms with Gasteiger partial charge in [-0.1, -0.05) is 18.2 Å². The molecule has 1 atom stereocenters. The number of benzene rings is 1. The number of ether oxygens (including phenoxy) is 1. The minimum absolute atomic E-state index is 0.0892. The molecule has 0 radical (unpaired) electrons. The average Bonchev–Trinajstić information content (AvgIpc) is 3.73. The zero-order valence-corrected chi connectivity index (χ0v) is 19.5. The van der Waals surface area contributed by atoms with Gasteiger partial charge in [0.1, 0.15) is 11.6 Å². The molecule has 6 nitrogen and oxygen atoms in total. The lowest BCUT2D eigenvalue weighted by atomic mass is 9.99. The molecular weight excluding hydrogens is 457 g/mol. The summed E-state index contributed by atoms with van der Waals surface area (Å²) in [5.41, 5.74) is 1.17. The standard InChI is InChI=1S/C26H29F3N4O2/c27-26(28,29)21-5-1-2-6-23(21)35-17-18-4-3-11-33(16-18)24-15-30-14-22(31-24)19-9-12-32(13-10-19)25(34)20-7-8-20/h1-2,5-6,9,14-15,18,20H,3-4,7-8,10-13,16-17H2. The van der Waals surface area contributed by atoms with Crippen molar-refractivity contribution in [3.05, 3.63) is 54.0 Å². The van der Waals surface area contributed by atoms with E-state index in [0.717, 1.165) is 61.8 Å². The van der Waals surface area contributed by atoms with Crippen molar-refractivity contribution in [2.24, 2.45) is 11.8 Å². The summed E-state index contributed by atoms with van der Waals surface area (Å²) in [5, 5.41) is 0. The van der Waals surface area contributed by atoms with Gasteiger partial charge in [0, 0.05) is 38.0 Å². The summed E-state index contributed by atoms with van der Waals surface area (Å²) < 4.78 is 45.4. The third-order valence-electron chi connectivity index (χ3n) is 6.91. The van der Waals surface area contributed by atoms with E-state index in [1.807, 2.05) is 4.90 Å². The van der Waals surface area contributed by atoms with Gasteiger partial charge in [0.25, 0.3) is 0 Å². The van der Waals surface area contributed by atoms with E-state index in [1.165, 1.54) is 12.1 Å². The maximum atomic E-state index is 13.3. The van der Waals surface area contributed by atoms with Crippen molar-refractivity contribution in [3.63, 3.8) is 0 Å². The van der Waals surface area contributed by atoms with Crippen LogP contribution < -0.4 is 9.64 Å². The van der Waals surface area contributed by atoms with Crippen molar-refractivity contribution in [1.29, 1.82) is 0 Å². The molecule has 1 aromatic carbocycles. The molecule has 0 bridgehead atoms. The number of alkyl halides is 3. The maximum Gasteiger partial charge on any atom is 0.419 e. The number of amides is 1. The number of hydrogen-bond donors (Lipinski definition) is 0. The summed E-state index contributed by atoms with van der Waals surface area (Å²) in [6.07, 6.45) is 5.68. The Bertz CT molecular complexity index is 1100. The molecular formula is C26H29F3N4O2. The smallest absolute Gasteiger partial charge is 0.419 e. The lowest BCUT2D eigenvalue weighted by Gasteiger charge is -2.33. The first-order valence-corrected chi connectivity index (χ1v) is 12.2. The molecule has 9 heteroatoms. The topological polar surface area (TPSA) is 58.6 Å². The first-order valence-electron chi connectivity index (χ1n) is 12.2. The number of anilines is 1. The predicted molar refractivity (Wildman–Crippen MR) is 126 cm³/mol. The molecule has 186 valence electrons. The van der Waals surface area contributed by atoms with Crippen LogP contribution in [-0.2, 0) is 11.0 Å². The van der Waals surface area contributed by atoms with Crippen LogP contribution in [0.5, 0.6) is 5.75 Å². The van der Waals surface area contributed by atoms with Gasteiger partial charge in [0.15, 0.2) is 0 Å². The maximum absolute atomic E-state index is 13.3. The van der Waals surface area contributed by atoms with Gasteiger partial charge < -0.3 is 14.5 Å². The van der Waals surface area contributed by atoms with Crippen molar-refractivity contribution in [1.82, 2.24) is 14.9 Å². The molecule has 1 aliphatic carbocycles. The first kappa shape index (κ1) is 23.6. The fraction of sp³-hybridized carbons (Fsp3) is 0.500. The van der Waals surface area contributed by atoms with Crippen LogP contribution in [0.25, 0.3) is 5.57 Å². The van der Waals surface area contributed by atoms with Gasteiger partial charge in [-0.3, -0.25) is 9.78 Å². The largest absolute Gasteiger partial charge is 0.493 e. The highest BCUT2D eigenvalue weighted by atomic mass is 19.4. The molecule has 2 aromatic rings. The zero-order chi connectivity index (χ0) is 24.4. The Kier molecular flexibility index (Phi) is 6.67. The Morgan fingerprint density at radius 2 is 1.94 bits per heavy atom. The lowest BCUT2D eigenvalue weighted by molar-refractivity contribution is -0.139. The predicted octanol–water partition coefficient (Wildman–Crippen LogP) is 4.82. The summed E-state index contributed by atoms with van der Waals surface area (Å²) in [7, 11) is 0. The second-order valence-electron chi connectivity index (χ2n) is 9.56. The van der Waals surface area contributed by atoms with E-state index in [2.05, 4.69) is 16.0 Å². The van der Waals surface area contributed by atoms with Crippen LogP contribution >= 0.6 is 0 Å². The highest BCUT2D eigenvalue weighted by Crippen LogP contribution is 2.36. The molecule has 1 saturated carbocycles. The van der Waals surface area contributed by atoms with Crippen molar-refractivity contribution in [2.75, 3.05) is 37.7 Å². The Labute approximate surface area is 202 Å². The van der Waals surface area contributed by atoms with Crippen LogP contribution in [0.2, 0.25) is 0 Å². The van der Waals surface area contributed by atoms with Crippen LogP contribution in [0.4, 0.5) is 19.0 Å². The van der Waals surface area contributed by atoms with E-state index < -0.39 is 11.7 Å². The fourth-order valence-corrected chi connectivity index (χ4v) is 4.80. The molecule has 3 heterocycles. The molecule has 35 heavy (non-hydrogen) atoms. The van der Waals surface area contributed by atoms with Gasteiger partial charge in [-0.05, 0) is 49.8 Å². The monoisotopic (exact) mass is 486 g/mol.